The molecule has 0 aliphatic carbocycles. The molecule has 330 valence electrons. The first-order chi connectivity index (χ1) is 28.5. The number of carbonyl (C=O) groups excluding carboxylic acids is 2. The molecule has 3 unspecified atom stereocenters. The van der Waals surface area contributed by atoms with Gasteiger partial charge in [-0.1, -0.05) is 214 Å². The average Bonchev–Trinajstić information content (AvgIpc) is 3.22. The summed E-state index contributed by atoms with van der Waals surface area (Å²) in [4.78, 5) is 25.9. The first-order valence-electron chi connectivity index (χ1n) is 23.5. The molecular weight excluding hydrogens is 719 g/mol. The molecule has 0 radical (unpaired) electrons. The van der Waals surface area contributed by atoms with Crippen LogP contribution in [0.25, 0.3) is 0 Å². The van der Waals surface area contributed by atoms with Crippen LogP contribution in [0.2, 0.25) is 0 Å². The Morgan fingerprint density at radius 1 is 0.552 bits per heavy atom. The summed E-state index contributed by atoms with van der Waals surface area (Å²) in [6.07, 6.45) is 59.2. The van der Waals surface area contributed by atoms with Crippen molar-refractivity contribution in [2.45, 2.75) is 212 Å². The Morgan fingerprint density at radius 2 is 1.02 bits per heavy atom. The Bertz CT molecular complexity index is 1180. The Morgan fingerprint density at radius 3 is 1.59 bits per heavy atom. The number of unbranched alkanes of at least 4 members (excludes halogenated alkanes) is 17. The predicted molar refractivity (Wildman–Crippen MR) is 250 cm³/mol. The van der Waals surface area contributed by atoms with Gasteiger partial charge >= 0.3 is 5.97 Å². The number of esters is 1. The quantitative estimate of drug-likeness (QED) is 0.0248. The van der Waals surface area contributed by atoms with Crippen molar-refractivity contribution in [3.8, 4) is 0 Å². The summed E-state index contributed by atoms with van der Waals surface area (Å²) >= 11 is 0. The number of aliphatic hydroxyl groups is 2. The van der Waals surface area contributed by atoms with Crippen LogP contribution in [0.5, 0.6) is 0 Å². The fraction of sp³-hybridized carbons (Fsp3) is 0.654. The van der Waals surface area contributed by atoms with Crippen LogP contribution in [0.1, 0.15) is 194 Å². The lowest BCUT2D eigenvalue weighted by Crippen LogP contribution is -2.46. The molecule has 0 bridgehead atoms. The van der Waals surface area contributed by atoms with Gasteiger partial charge in [-0.15, -0.1) is 0 Å². The number of nitrogens with one attached hydrogen (secondary N) is 1. The first-order valence-corrected chi connectivity index (χ1v) is 23.5. The van der Waals surface area contributed by atoms with Crippen molar-refractivity contribution in [1.29, 1.82) is 0 Å². The molecule has 6 heteroatoms. The number of rotatable bonds is 40. The summed E-state index contributed by atoms with van der Waals surface area (Å²) in [5.74, 6) is -0.633. The molecule has 3 N–H and O–H groups in total. The van der Waals surface area contributed by atoms with Gasteiger partial charge in [0.05, 0.1) is 25.2 Å². The second-order valence-electron chi connectivity index (χ2n) is 15.6. The van der Waals surface area contributed by atoms with Crippen LogP contribution < -0.4 is 5.32 Å². The van der Waals surface area contributed by atoms with Crippen molar-refractivity contribution >= 4 is 11.9 Å². The fourth-order valence-corrected chi connectivity index (χ4v) is 6.46. The predicted octanol–water partition coefficient (Wildman–Crippen LogP) is 13.8. The Balaban J connectivity index is 4.68. The summed E-state index contributed by atoms with van der Waals surface area (Å²) in [6.45, 7) is 6.22. The zero-order valence-electron chi connectivity index (χ0n) is 37.4. The lowest BCUT2D eigenvalue weighted by molar-refractivity contribution is -0.150. The maximum Gasteiger partial charge on any atom is 0.306 e. The molecule has 3 atom stereocenters. The second kappa shape index (κ2) is 44.9. The van der Waals surface area contributed by atoms with E-state index in [0.717, 1.165) is 70.6 Å². The van der Waals surface area contributed by atoms with E-state index in [1.54, 1.807) is 0 Å². The van der Waals surface area contributed by atoms with Crippen LogP contribution >= 0.6 is 0 Å². The van der Waals surface area contributed by atoms with Crippen molar-refractivity contribution in [2.24, 2.45) is 0 Å². The average molecular weight is 806 g/mol. The molecule has 0 aromatic rings. The lowest BCUT2D eigenvalue weighted by Gasteiger charge is -2.24. The summed E-state index contributed by atoms with van der Waals surface area (Å²) < 4.78 is 5.81. The van der Waals surface area contributed by atoms with E-state index in [0.29, 0.717) is 19.3 Å². The molecule has 0 spiro atoms. The van der Waals surface area contributed by atoms with E-state index in [4.69, 9.17) is 4.74 Å². The van der Waals surface area contributed by atoms with Crippen molar-refractivity contribution in [3.63, 3.8) is 0 Å². The largest absolute Gasteiger partial charge is 0.461 e. The van der Waals surface area contributed by atoms with Crippen LogP contribution in [0.3, 0.4) is 0 Å². The molecule has 0 rings (SSSR count). The van der Waals surface area contributed by atoms with Crippen LogP contribution in [-0.2, 0) is 14.3 Å². The number of allylic oxidation sites excluding steroid dienone is 15. The minimum Gasteiger partial charge on any atom is -0.461 e. The molecule has 0 aliphatic heterocycles. The van der Waals surface area contributed by atoms with Crippen LogP contribution in [0, 0.1) is 0 Å². The highest BCUT2D eigenvalue weighted by Gasteiger charge is 2.23. The Labute approximate surface area is 356 Å². The third-order valence-corrected chi connectivity index (χ3v) is 10.0. The molecular formula is C52H87NO5. The molecule has 0 saturated carbocycles. The SMILES string of the molecule is CC/C=C/C=C/C=C\C=C/C=C/CC(CC(=O)NC(CO)C(O)CCCCCCCCCCC)OC(=O)CCCCCCCC/C=C\C/C=C\C/C=C\CCCCC. The monoisotopic (exact) mass is 806 g/mol. The lowest BCUT2D eigenvalue weighted by atomic mass is 10.0. The highest BCUT2D eigenvalue weighted by Crippen LogP contribution is 2.15. The third-order valence-electron chi connectivity index (χ3n) is 10.0. The maximum atomic E-state index is 13.1. The standard InChI is InChI=1S/C52H87NO5/c1-4-7-10-13-16-19-21-22-23-24-25-26-27-28-30-33-36-39-42-45-52(57)58-48(43-40-37-34-32-29-20-17-14-11-8-5-2)46-51(56)53-49(47-54)50(55)44-41-38-35-31-18-15-12-9-6-3/h8,11,14,16-17,19-20,22-23,25-26,29,32,34,37,40,48-50,54-55H,4-7,9-10,12-13,15,18,21,24,27-28,30-31,33,35-36,38-39,41-47H2,1-3H3,(H,53,56)/b11-8+,17-14+,19-16-,23-22-,26-25-,29-20-,34-32-,40-37+. The smallest absolute Gasteiger partial charge is 0.306 e. The number of ether oxygens (including phenoxy) is 1. The fourth-order valence-electron chi connectivity index (χ4n) is 6.46. The van der Waals surface area contributed by atoms with Crippen LogP contribution in [0.15, 0.2) is 97.2 Å². The van der Waals surface area contributed by atoms with Gasteiger partial charge in [0, 0.05) is 12.8 Å². The van der Waals surface area contributed by atoms with Gasteiger partial charge in [0.15, 0.2) is 0 Å². The molecule has 6 nitrogen and oxygen atoms in total. The van der Waals surface area contributed by atoms with E-state index in [1.807, 2.05) is 54.7 Å². The molecule has 0 fully saturated rings. The van der Waals surface area contributed by atoms with Gasteiger partial charge in [-0.3, -0.25) is 9.59 Å². The van der Waals surface area contributed by atoms with Crippen LogP contribution in [-0.4, -0.2) is 46.9 Å². The van der Waals surface area contributed by atoms with E-state index in [9.17, 15) is 19.8 Å². The van der Waals surface area contributed by atoms with Gasteiger partial charge in [0.2, 0.25) is 5.91 Å². The number of amides is 1. The molecule has 58 heavy (non-hydrogen) atoms. The summed E-state index contributed by atoms with van der Waals surface area (Å²) in [5, 5.41) is 23.5. The van der Waals surface area contributed by atoms with Gasteiger partial charge in [-0.05, 0) is 57.8 Å². The molecule has 0 heterocycles. The number of aliphatic hydroxyl groups excluding tert-OH is 2. The number of hydrogen-bond donors (Lipinski definition) is 3. The molecule has 0 saturated heterocycles. The number of hydrogen-bond acceptors (Lipinski definition) is 5. The maximum absolute atomic E-state index is 13.1. The Hall–Kier alpha value is -3.22. The zero-order chi connectivity index (χ0) is 42.4. The molecule has 0 aromatic heterocycles. The van der Waals surface area contributed by atoms with Crippen molar-refractivity contribution in [2.75, 3.05) is 6.61 Å². The summed E-state index contributed by atoms with van der Waals surface area (Å²) in [5.41, 5.74) is 0. The van der Waals surface area contributed by atoms with Crippen molar-refractivity contribution < 1.29 is 24.5 Å². The third kappa shape index (κ3) is 39.6. The minimum absolute atomic E-state index is 0.0295. The first kappa shape index (κ1) is 54.8. The second-order valence-corrected chi connectivity index (χ2v) is 15.6. The van der Waals surface area contributed by atoms with E-state index in [-0.39, 0.29) is 24.9 Å². The molecule has 0 aromatic carbocycles. The molecule has 1 amide bonds. The van der Waals surface area contributed by atoms with E-state index < -0.39 is 18.2 Å². The van der Waals surface area contributed by atoms with E-state index in [1.165, 1.54) is 77.0 Å². The normalized spacial score (nSPS) is 14.2. The van der Waals surface area contributed by atoms with Gasteiger partial charge in [0.1, 0.15) is 6.10 Å². The minimum atomic E-state index is -0.823. The van der Waals surface area contributed by atoms with Crippen molar-refractivity contribution in [3.05, 3.63) is 97.2 Å². The van der Waals surface area contributed by atoms with Crippen LogP contribution in [0.4, 0.5) is 0 Å². The highest BCUT2D eigenvalue weighted by molar-refractivity contribution is 5.77. The number of carbonyl (C=O) groups is 2. The zero-order valence-corrected chi connectivity index (χ0v) is 37.4. The van der Waals surface area contributed by atoms with Gasteiger partial charge in [0.25, 0.3) is 0 Å². The van der Waals surface area contributed by atoms with Gasteiger partial charge in [-0.2, -0.15) is 0 Å². The van der Waals surface area contributed by atoms with Gasteiger partial charge < -0.3 is 20.3 Å². The van der Waals surface area contributed by atoms with Crippen molar-refractivity contribution in [1.82, 2.24) is 5.32 Å². The highest BCUT2D eigenvalue weighted by atomic mass is 16.5. The Kier molecular flexibility index (Phi) is 42.4. The summed E-state index contributed by atoms with van der Waals surface area (Å²) in [6, 6.07) is -0.745. The summed E-state index contributed by atoms with van der Waals surface area (Å²) in [7, 11) is 0. The van der Waals surface area contributed by atoms with Gasteiger partial charge in [-0.25, -0.2) is 0 Å². The van der Waals surface area contributed by atoms with E-state index >= 15 is 0 Å². The molecule has 0 aliphatic rings. The van der Waals surface area contributed by atoms with E-state index in [2.05, 4.69) is 68.6 Å². The topological polar surface area (TPSA) is 95.9 Å².